The SMILES string of the molecule is CCC(CC)CSc1nc2ccc(N)cc2o1. The van der Waals surface area contributed by atoms with Crippen molar-refractivity contribution in [1.29, 1.82) is 0 Å². The van der Waals surface area contributed by atoms with Crippen LogP contribution in [0.25, 0.3) is 11.1 Å². The molecule has 1 aromatic heterocycles. The van der Waals surface area contributed by atoms with Crippen LogP contribution in [-0.4, -0.2) is 10.7 Å². The number of rotatable bonds is 5. The maximum absolute atomic E-state index is 5.70. The summed E-state index contributed by atoms with van der Waals surface area (Å²) in [5.74, 6) is 1.80. The molecule has 0 aliphatic heterocycles. The summed E-state index contributed by atoms with van der Waals surface area (Å²) in [6.45, 7) is 4.45. The van der Waals surface area contributed by atoms with Crippen molar-refractivity contribution in [2.75, 3.05) is 11.5 Å². The molecular weight excluding hydrogens is 232 g/mol. The van der Waals surface area contributed by atoms with Crippen molar-refractivity contribution in [2.24, 2.45) is 5.92 Å². The molecule has 1 heterocycles. The predicted molar refractivity (Wildman–Crippen MR) is 73.2 cm³/mol. The zero-order valence-corrected chi connectivity index (χ0v) is 11.1. The lowest BCUT2D eigenvalue weighted by Crippen LogP contribution is -1.99. The summed E-state index contributed by atoms with van der Waals surface area (Å²) in [6.07, 6.45) is 2.41. The number of benzene rings is 1. The fourth-order valence-electron chi connectivity index (χ4n) is 1.70. The topological polar surface area (TPSA) is 52.0 Å². The summed E-state index contributed by atoms with van der Waals surface area (Å²) in [7, 11) is 0. The van der Waals surface area contributed by atoms with Gasteiger partial charge in [0.25, 0.3) is 5.22 Å². The molecular formula is C13H18N2OS. The van der Waals surface area contributed by atoms with Crippen LogP contribution in [0.15, 0.2) is 27.8 Å². The van der Waals surface area contributed by atoms with E-state index in [1.807, 2.05) is 18.2 Å². The number of aromatic nitrogens is 1. The van der Waals surface area contributed by atoms with Crippen LogP contribution in [0.2, 0.25) is 0 Å². The van der Waals surface area contributed by atoms with Crippen LogP contribution < -0.4 is 5.73 Å². The fourth-order valence-corrected chi connectivity index (χ4v) is 2.86. The Balaban J connectivity index is 2.09. The average molecular weight is 250 g/mol. The van der Waals surface area contributed by atoms with Crippen LogP contribution in [-0.2, 0) is 0 Å². The standard InChI is InChI=1S/C13H18N2OS/c1-3-9(4-2)8-17-13-15-11-6-5-10(14)7-12(11)16-13/h5-7,9H,3-4,8,14H2,1-2H3. The van der Waals surface area contributed by atoms with Crippen LogP contribution in [0.3, 0.4) is 0 Å². The Morgan fingerprint density at radius 3 is 2.82 bits per heavy atom. The van der Waals surface area contributed by atoms with Gasteiger partial charge in [0.05, 0.1) is 0 Å². The van der Waals surface area contributed by atoms with Crippen molar-refractivity contribution < 1.29 is 4.42 Å². The normalized spacial score (nSPS) is 11.5. The van der Waals surface area contributed by atoms with Gasteiger partial charge in [0, 0.05) is 17.5 Å². The number of hydrogen-bond donors (Lipinski definition) is 1. The minimum absolute atomic E-state index is 0.713. The maximum Gasteiger partial charge on any atom is 0.256 e. The lowest BCUT2D eigenvalue weighted by Gasteiger charge is -2.08. The highest BCUT2D eigenvalue weighted by Gasteiger charge is 2.09. The highest BCUT2D eigenvalue weighted by atomic mass is 32.2. The monoisotopic (exact) mass is 250 g/mol. The average Bonchev–Trinajstić information content (AvgIpc) is 2.72. The minimum atomic E-state index is 0.713. The highest BCUT2D eigenvalue weighted by molar-refractivity contribution is 7.99. The van der Waals surface area contributed by atoms with E-state index in [0.29, 0.717) is 5.69 Å². The number of nitrogen functional groups attached to an aromatic ring is 1. The molecule has 4 heteroatoms. The van der Waals surface area contributed by atoms with Crippen molar-refractivity contribution in [3.8, 4) is 0 Å². The third-order valence-corrected chi connectivity index (χ3v) is 4.05. The van der Waals surface area contributed by atoms with Crippen molar-refractivity contribution in [3.05, 3.63) is 18.2 Å². The first-order chi connectivity index (χ1) is 8.22. The van der Waals surface area contributed by atoms with E-state index in [9.17, 15) is 0 Å². The fraction of sp³-hybridized carbons (Fsp3) is 0.462. The summed E-state index contributed by atoms with van der Waals surface area (Å²) in [5, 5.41) is 0.748. The van der Waals surface area contributed by atoms with Crippen LogP contribution >= 0.6 is 11.8 Å². The zero-order chi connectivity index (χ0) is 12.3. The van der Waals surface area contributed by atoms with E-state index in [2.05, 4.69) is 18.8 Å². The molecule has 0 unspecified atom stereocenters. The van der Waals surface area contributed by atoms with Crippen LogP contribution in [0.4, 0.5) is 5.69 Å². The second-order valence-electron chi connectivity index (χ2n) is 4.20. The van der Waals surface area contributed by atoms with E-state index >= 15 is 0 Å². The molecule has 0 aliphatic rings. The molecule has 3 nitrogen and oxygen atoms in total. The van der Waals surface area contributed by atoms with Gasteiger partial charge in [-0.3, -0.25) is 0 Å². The van der Waals surface area contributed by atoms with Crippen LogP contribution in [0.1, 0.15) is 26.7 Å². The molecule has 2 aromatic rings. The molecule has 17 heavy (non-hydrogen) atoms. The summed E-state index contributed by atoms with van der Waals surface area (Å²) in [4.78, 5) is 4.44. The molecule has 0 fully saturated rings. The van der Waals surface area contributed by atoms with E-state index in [0.717, 1.165) is 28.0 Å². The molecule has 92 valence electrons. The molecule has 2 rings (SSSR count). The van der Waals surface area contributed by atoms with Gasteiger partial charge >= 0.3 is 0 Å². The van der Waals surface area contributed by atoms with E-state index in [1.165, 1.54) is 12.8 Å². The van der Waals surface area contributed by atoms with Gasteiger partial charge < -0.3 is 10.2 Å². The van der Waals surface area contributed by atoms with Crippen molar-refractivity contribution in [3.63, 3.8) is 0 Å². The predicted octanol–water partition coefficient (Wildman–Crippen LogP) is 3.94. The Hall–Kier alpha value is -1.16. The molecule has 0 bridgehead atoms. The van der Waals surface area contributed by atoms with Gasteiger partial charge in [-0.25, -0.2) is 4.98 Å². The first-order valence-corrected chi connectivity index (χ1v) is 7.00. The first-order valence-electron chi connectivity index (χ1n) is 6.01. The molecule has 0 spiro atoms. The Bertz CT molecular complexity index is 491. The first kappa shape index (κ1) is 12.3. The molecule has 0 aliphatic carbocycles. The lowest BCUT2D eigenvalue weighted by molar-refractivity contribution is 0.485. The summed E-state index contributed by atoms with van der Waals surface area (Å²) < 4.78 is 5.66. The number of nitrogens with two attached hydrogens (primary N) is 1. The van der Waals surface area contributed by atoms with E-state index in [-0.39, 0.29) is 0 Å². The minimum Gasteiger partial charge on any atom is -0.431 e. The van der Waals surface area contributed by atoms with Gasteiger partial charge in [0.15, 0.2) is 5.58 Å². The Labute approximate surface area is 106 Å². The third kappa shape index (κ3) is 2.94. The quantitative estimate of drug-likeness (QED) is 0.645. The number of hydrogen-bond acceptors (Lipinski definition) is 4. The summed E-state index contributed by atoms with van der Waals surface area (Å²) in [6, 6.07) is 5.57. The molecule has 0 atom stereocenters. The van der Waals surface area contributed by atoms with Crippen LogP contribution in [0.5, 0.6) is 0 Å². The Kier molecular flexibility index (Phi) is 3.94. The Morgan fingerprint density at radius 2 is 2.12 bits per heavy atom. The number of thioether (sulfide) groups is 1. The molecule has 2 N–H and O–H groups in total. The number of fused-ring (bicyclic) bond motifs is 1. The second kappa shape index (κ2) is 5.45. The zero-order valence-electron chi connectivity index (χ0n) is 10.3. The van der Waals surface area contributed by atoms with E-state index < -0.39 is 0 Å². The van der Waals surface area contributed by atoms with Gasteiger partial charge in [-0.05, 0) is 18.1 Å². The van der Waals surface area contributed by atoms with Gasteiger partial charge in [-0.15, -0.1) is 0 Å². The van der Waals surface area contributed by atoms with Gasteiger partial charge in [0.1, 0.15) is 5.52 Å². The van der Waals surface area contributed by atoms with Crippen molar-refractivity contribution in [1.82, 2.24) is 4.98 Å². The smallest absolute Gasteiger partial charge is 0.256 e. The van der Waals surface area contributed by atoms with Crippen molar-refractivity contribution in [2.45, 2.75) is 31.9 Å². The summed E-state index contributed by atoms with van der Waals surface area (Å²) >= 11 is 1.69. The number of oxazole rings is 1. The molecule has 0 saturated carbocycles. The second-order valence-corrected chi connectivity index (χ2v) is 5.17. The number of anilines is 1. The molecule has 0 saturated heterocycles. The van der Waals surface area contributed by atoms with E-state index in [4.69, 9.17) is 10.2 Å². The van der Waals surface area contributed by atoms with Gasteiger partial charge in [-0.1, -0.05) is 38.5 Å². The van der Waals surface area contributed by atoms with Crippen LogP contribution in [0, 0.1) is 5.92 Å². The lowest BCUT2D eigenvalue weighted by atomic mass is 10.1. The third-order valence-electron chi connectivity index (χ3n) is 2.99. The van der Waals surface area contributed by atoms with Gasteiger partial charge in [0.2, 0.25) is 0 Å². The van der Waals surface area contributed by atoms with Crippen molar-refractivity contribution >= 4 is 28.5 Å². The highest BCUT2D eigenvalue weighted by Crippen LogP contribution is 2.27. The van der Waals surface area contributed by atoms with E-state index in [1.54, 1.807) is 11.8 Å². The molecule has 0 amide bonds. The van der Waals surface area contributed by atoms with Gasteiger partial charge in [-0.2, -0.15) is 0 Å². The summed E-state index contributed by atoms with van der Waals surface area (Å²) in [5.41, 5.74) is 8.07. The number of nitrogens with zero attached hydrogens (tertiary/aromatic N) is 1. The molecule has 1 aromatic carbocycles. The molecule has 0 radical (unpaired) electrons. The largest absolute Gasteiger partial charge is 0.431 e. The Morgan fingerprint density at radius 1 is 1.35 bits per heavy atom. The maximum atomic E-state index is 5.70.